The molecule has 1 saturated carbocycles. The number of anilines is 1. The molecule has 0 unspecified atom stereocenters. The number of hydrogen-bond donors (Lipinski definition) is 1. The fraction of sp³-hybridized carbons (Fsp3) is 0.474. The van der Waals surface area contributed by atoms with Crippen LogP contribution in [0, 0.1) is 0 Å². The SMILES string of the molecule is COc1ccc(SCCC(=O)Nc2ccnn2C2CCCCC2)cc1. The summed E-state index contributed by atoms with van der Waals surface area (Å²) in [7, 11) is 1.66. The minimum atomic E-state index is 0.0403. The van der Waals surface area contributed by atoms with E-state index in [0.29, 0.717) is 12.5 Å². The Morgan fingerprint density at radius 2 is 2.00 bits per heavy atom. The molecule has 0 atom stereocenters. The van der Waals surface area contributed by atoms with Crippen molar-refractivity contribution in [2.75, 3.05) is 18.2 Å². The molecule has 0 radical (unpaired) electrons. The summed E-state index contributed by atoms with van der Waals surface area (Å²) in [6, 6.07) is 10.2. The quantitative estimate of drug-likeness (QED) is 0.739. The maximum absolute atomic E-state index is 12.3. The maximum Gasteiger partial charge on any atom is 0.226 e. The lowest BCUT2D eigenvalue weighted by atomic mass is 9.96. The van der Waals surface area contributed by atoms with E-state index < -0.39 is 0 Å². The van der Waals surface area contributed by atoms with Crippen LogP contribution in [-0.2, 0) is 4.79 Å². The van der Waals surface area contributed by atoms with E-state index in [9.17, 15) is 4.79 Å². The number of nitrogens with zero attached hydrogens (tertiary/aromatic N) is 2. The zero-order valence-corrected chi connectivity index (χ0v) is 15.4. The number of benzene rings is 1. The largest absolute Gasteiger partial charge is 0.497 e. The Labute approximate surface area is 153 Å². The molecule has 0 spiro atoms. The summed E-state index contributed by atoms with van der Waals surface area (Å²) >= 11 is 1.67. The fourth-order valence-corrected chi connectivity index (χ4v) is 4.02. The van der Waals surface area contributed by atoms with E-state index in [-0.39, 0.29) is 5.91 Å². The molecule has 1 heterocycles. The van der Waals surface area contributed by atoms with Gasteiger partial charge in [-0.05, 0) is 37.1 Å². The van der Waals surface area contributed by atoms with Crippen molar-refractivity contribution in [3.05, 3.63) is 36.5 Å². The highest BCUT2D eigenvalue weighted by molar-refractivity contribution is 7.99. The molecule has 2 aromatic rings. The van der Waals surface area contributed by atoms with Crippen LogP contribution in [0.25, 0.3) is 0 Å². The highest BCUT2D eigenvalue weighted by Crippen LogP contribution is 2.30. The van der Waals surface area contributed by atoms with Gasteiger partial charge < -0.3 is 10.1 Å². The van der Waals surface area contributed by atoms with E-state index in [0.717, 1.165) is 35.1 Å². The lowest BCUT2D eigenvalue weighted by molar-refractivity contribution is -0.115. The molecule has 6 heteroatoms. The molecular weight excluding hydrogens is 334 g/mol. The van der Waals surface area contributed by atoms with E-state index in [1.807, 2.05) is 35.0 Å². The first-order valence-electron chi connectivity index (χ1n) is 8.86. The number of nitrogens with one attached hydrogen (secondary N) is 1. The van der Waals surface area contributed by atoms with Gasteiger partial charge in [0.05, 0.1) is 19.3 Å². The zero-order valence-electron chi connectivity index (χ0n) is 14.6. The smallest absolute Gasteiger partial charge is 0.226 e. The Balaban J connectivity index is 1.47. The third-order valence-corrected chi connectivity index (χ3v) is 5.53. The van der Waals surface area contributed by atoms with Crippen LogP contribution in [0.15, 0.2) is 41.4 Å². The van der Waals surface area contributed by atoms with E-state index in [4.69, 9.17) is 4.74 Å². The van der Waals surface area contributed by atoms with Gasteiger partial charge in [0, 0.05) is 23.1 Å². The van der Waals surface area contributed by atoms with Crippen LogP contribution in [0.5, 0.6) is 5.75 Å². The molecule has 1 N–H and O–H groups in total. The monoisotopic (exact) mass is 359 g/mol. The van der Waals surface area contributed by atoms with Crippen molar-refractivity contribution >= 4 is 23.5 Å². The molecule has 0 saturated heterocycles. The van der Waals surface area contributed by atoms with Crippen molar-refractivity contribution in [1.82, 2.24) is 9.78 Å². The molecule has 0 bridgehead atoms. The summed E-state index contributed by atoms with van der Waals surface area (Å²) in [5.74, 6) is 2.46. The summed E-state index contributed by atoms with van der Waals surface area (Å²) in [4.78, 5) is 13.4. The summed E-state index contributed by atoms with van der Waals surface area (Å²) in [6.45, 7) is 0. The molecule has 1 aliphatic carbocycles. The Kier molecular flexibility index (Phi) is 6.39. The third-order valence-electron chi connectivity index (χ3n) is 4.52. The minimum Gasteiger partial charge on any atom is -0.497 e. The standard InChI is InChI=1S/C19H25N3O2S/c1-24-16-7-9-17(10-8-16)25-14-12-19(23)21-18-11-13-20-22(18)15-5-3-2-4-6-15/h7-11,13,15H,2-6,12,14H2,1H3,(H,21,23). The molecule has 1 aliphatic rings. The van der Waals surface area contributed by atoms with Crippen LogP contribution in [0.4, 0.5) is 5.82 Å². The number of carbonyl (C=O) groups is 1. The van der Waals surface area contributed by atoms with Gasteiger partial charge in [-0.2, -0.15) is 5.10 Å². The van der Waals surface area contributed by atoms with Crippen LogP contribution >= 0.6 is 11.8 Å². The lowest BCUT2D eigenvalue weighted by Gasteiger charge is -2.23. The molecular formula is C19H25N3O2S. The normalized spacial score (nSPS) is 15.1. The highest BCUT2D eigenvalue weighted by atomic mass is 32.2. The lowest BCUT2D eigenvalue weighted by Crippen LogP contribution is -2.20. The molecule has 1 aromatic carbocycles. The van der Waals surface area contributed by atoms with Gasteiger partial charge in [0.15, 0.2) is 0 Å². The molecule has 5 nitrogen and oxygen atoms in total. The van der Waals surface area contributed by atoms with Crippen molar-refractivity contribution in [1.29, 1.82) is 0 Å². The van der Waals surface area contributed by atoms with Gasteiger partial charge in [0.25, 0.3) is 0 Å². The highest BCUT2D eigenvalue weighted by Gasteiger charge is 2.19. The van der Waals surface area contributed by atoms with E-state index >= 15 is 0 Å². The average molecular weight is 359 g/mol. The van der Waals surface area contributed by atoms with Crippen molar-refractivity contribution in [3.8, 4) is 5.75 Å². The number of amides is 1. The number of aromatic nitrogens is 2. The number of methoxy groups -OCH3 is 1. The van der Waals surface area contributed by atoms with E-state index in [2.05, 4.69) is 10.4 Å². The van der Waals surface area contributed by atoms with Crippen molar-refractivity contribution in [2.24, 2.45) is 0 Å². The first-order chi connectivity index (χ1) is 12.3. The molecule has 1 fully saturated rings. The molecule has 1 amide bonds. The Morgan fingerprint density at radius 1 is 1.24 bits per heavy atom. The Hall–Kier alpha value is -1.95. The molecule has 134 valence electrons. The van der Waals surface area contributed by atoms with Gasteiger partial charge in [-0.1, -0.05) is 19.3 Å². The van der Waals surface area contributed by atoms with Crippen LogP contribution in [0.3, 0.4) is 0 Å². The van der Waals surface area contributed by atoms with Crippen molar-refractivity contribution < 1.29 is 9.53 Å². The molecule has 1 aromatic heterocycles. The topological polar surface area (TPSA) is 56.1 Å². The number of ether oxygens (including phenoxy) is 1. The van der Waals surface area contributed by atoms with Crippen LogP contribution in [0.2, 0.25) is 0 Å². The summed E-state index contributed by atoms with van der Waals surface area (Å²) in [5, 5.41) is 7.44. The molecule has 3 rings (SSSR count). The second-order valence-corrected chi connectivity index (χ2v) is 7.44. The van der Waals surface area contributed by atoms with Crippen LogP contribution in [0.1, 0.15) is 44.6 Å². The van der Waals surface area contributed by atoms with Crippen LogP contribution in [-0.4, -0.2) is 28.6 Å². The fourth-order valence-electron chi connectivity index (χ4n) is 3.17. The average Bonchev–Trinajstić information content (AvgIpc) is 3.11. The second-order valence-electron chi connectivity index (χ2n) is 6.28. The summed E-state index contributed by atoms with van der Waals surface area (Å²) in [5.41, 5.74) is 0. The Morgan fingerprint density at radius 3 is 2.72 bits per heavy atom. The summed E-state index contributed by atoms with van der Waals surface area (Å²) < 4.78 is 7.14. The van der Waals surface area contributed by atoms with Gasteiger partial charge in [-0.25, -0.2) is 4.68 Å². The van der Waals surface area contributed by atoms with Gasteiger partial charge in [0.2, 0.25) is 5.91 Å². The van der Waals surface area contributed by atoms with Crippen molar-refractivity contribution in [3.63, 3.8) is 0 Å². The first-order valence-corrected chi connectivity index (χ1v) is 9.85. The van der Waals surface area contributed by atoms with Crippen LogP contribution < -0.4 is 10.1 Å². The predicted octanol–water partition coefficient (Wildman–Crippen LogP) is 4.52. The van der Waals surface area contributed by atoms with Gasteiger partial charge in [-0.15, -0.1) is 11.8 Å². The van der Waals surface area contributed by atoms with E-state index in [1.165, 1.54) is 19.3 Å². The van der Waals surface area contributed by atoms with E-state index in [1.54, 1.807) is 25.1 Å². The predicted molar refractivity (Wildman–Crippen MR) is 101 cm³/mol. The number of thioether (sulfide) groups is 1. The number of rotatable bonds is 7. The summed E-state index contributed by atoms with van der Waals surface area (Å²) in [6.07, 6.45) is 8.35. The van der Waals surface area contributed by atoms with Gasteiger partial charge in [0.1, 0.15) is 11.6 Å². The molecule has 0 aliphatic heterocycles. The number of hydrogen-bond acceptors (Lipinski definition) is 4. The Bertz CT molecular complexity index is 678. The third kappa shape index (κ3) is 5.01. The maximum atomic E-state index is 12.3. The zero-order chi connectivity index (χ0) is 17.5. The number of carbonyl (C=O) groups excluding carboxylic acids is 1. The van der Waals surface area contributed by atoms with Crippen molar-refractivity contribution in [2.45, 2.75) is 49.5 Å². The molecule has 25 heavy (non-hydrogen) atoms. The second kappa shape index (κ2) is 8.94. The first kappa shape index (κ1) is 17.9. The minimum absolute atomic E-state index is 0.0403. The van der Waals surface area contributed by atoms with Gasteiger partial charge >= 0.3 is 0 Å². The van der Waals surface area contributed by atoms with Gasteiger partial charge in [-0.3, -0.25) is 4.79 Å².